The third kappa shape index (κ3) is 3.74. The summed E-state index contributed by atoms with van der Waals surface area (Å²) in [5.74, 6) is -2.15. The number of halogens is 2. The Bertz CT molecular complexity index is 1190. The average molecular weight is 439 g/mol. The van der Waals surface area contributed by atoms with Crippen molar-refractivity contribution in [2.75, 3.05) is 13.1 Å². The molecule has 2 heterocycles. The Hall–Kier alpha value is -3.29. The molecule has 1 N–H and O–H groups in total. The van der Waals surface area contributed by atoms with Crippen molar-refractivity contribution in [3.05, 3.63) is 81.8 Å². The molecule has 8 heteroatoms. The number of aromatic nitrogens is 2. The standard InChI is InChI=1S/C24H23F2N3O3/c25-17-5-1-3-15(9-17)21(16-4-2-6-18(26)10-16)19-13-28(12-14-7-8-14)24(32)22-23(31)20(30)11-27-29(19)22/h1-6,9,11,14,16,19,21,31H,7-8,10,12-13H2. The number of amides is 1. The number of allylic oxidation sites excluding steroid dienone is 4. The molecule has 1 aliphatic heterocycles. The van der Waals surface area contributed by atoms with Gasteiger partial charge in [-0.05, 0) is 48.4 Å². The van der Waals surface area contributed by atoms with Crippen LogP contribution in [0.15, 0.2) is 59.3 Å². The molecule has 1 saturated carbocycles. The third-order valence-corrected chi connectivity index (χ3v) is 6.55. The number of rotatable bonds is 5. The first-order chi connectivity index (χ1) is 15.4. The Labute approximate surface area is 183 Å². The molecule has 2 aromatic rings. The molecule has 3 atom stereocenters. The van der Waals surface area contributed by atoms with Crippen LogP contribution in [0.1, 0.15) is 47.3 Å². The monoisotopic (exact) mass is 439 g/mol. The molecule has 166 valence electrons. The quantitative estimate of drug-likeness (QED) is 0.771. The van der Waals surface area contributed by atoms with Crippen LogP contribution >= 0.6 is 0 Å². The predicted molar refractivity (Wildman–Crippen MR) is 113 cm³/mol. The molecule has 1 amide bonds. The summed E-state index contributed by atoms with van der Waals surface area (Å²) >= 11 is 0. The molecule has 2 aliphatic carbocycles. The second-order valence-electron chi connectivity index (χ2n) is 8.82. The Morgan fingerprint density at radius 1 is 1.22 bits per heavy atom. The van der Waals surface area contributed by atoms with Gasteiger partial charge in [0.1, 0.15) is 11.6 Å². The van der Waals surface area contributed by atoms with Gasteiger partial charge < -0.3 is 10.0 Å². The molecular formula is C24H23F2N3O3. The molecule has 0 radical (unpaired) electrons. The number of fused-ring (bicyclic) bond motifs is 1. The lowest BCUT2D eigenvalue weighted by atomic mass is 9.76. The molecule has 3 aliphatic rings. The van der Waals surface area contributed by atoms with Gasteiger partial charge >= 0.3 is 0 Å². The van der Waals surface area contributed by atoms with E-state index in [1.807, 2.05) is 6.08 Å². The van der Waals surface area contributed by atoms with Crippen molar-refractivity contribution in [1.82, 2.24) is 14.7 Å². The van der Waals surface area contributed by atoms with E-state index in [1.165, 1.54) is 22.9 Å². The maximum absolute atomic E-state index is 14.3. The van der Waals surface area contributed by atoms with Crippen LogP contribution in [0, 0.1) is 17.7 Å². The Morgan fingerprint density at radius 2 is 2.03 bits per heavy atom. The zero-order chi connectivity index (χ0) is 22.4. The topological polar surface area (TPSA) is 75.4 Å². The van der Waals surface area contributed by atoms with Gasteiger partial charge in [-0.1, -0.05) is 24.3 Å². The fraction of sp³-hybridized carbons (Fsp3) is 0.375. The molecule has 6 nitrogen and oxygen atoms in total. The predicted octanol–water partition coefficient (Wildman–Crippen LogP) is 3.71. The number of nitrogens with zero attached hydrogens (tertiary/aromatic N) is 3. The number of carbonyl (C=O) groups is 1. The molecule has 5 rings (SSSR count). The van der Waals surface area contributed by atoms with Crippen molar-refractivity contribution < 1.29 is 18.7 Å². The Balaban J connectivity index is 1.65. The van der Waals surface area contributed by atoms with Gasteiger partial charge in [-0.2, -0.15) is 5.10 Å². The number of hydrogen-bond donors (Lipinski definition) is 1. The van der Waals surface area contributed by atoms with E-state index in [1.54, 1.807) is 23.1 Å². The maximum Gasteiger partial charge on any atom is 0.276 e. The number of hydrogen-bond acceptors (Lipinski definition) is 4. The van der Waals surface area contributed by atoms with Gasteiger partial charge in [-0.15, -0.1) is 0 Å². The van der Waals surface area contributed by atoms with Crippen molar-refractivity contribution in [1.29, 1.82) is 0 Å². The van der Waals surface area contributed by atoms with Crippen molar-refractivity contribution in [3.8, 4) is 5.75 Å². The molecule has 0 spiro atoms. The molecule has 32 heavy (non-hydrogen) atoms. The van der Waals surface area contributed by atoms with Crippen LogP contribution < -0.4 is 5.43 Å². The molecule has 0 saturated heterocycles. The van der Waals surface area contributed by atoms with Gasteiger partial charge in [-0.3, -0.25) is 14.3 Å². The van der Waals surface area contributed by atoms with Crippen molar-refractivity contribution in [2.24, 2.45) is 11.8 Å². The maximum atomic E-state index is 14.3. The van der Waals surface area contributed by atoms with Crippen LogP contribution in [0.25, 0.3) is 0 Å². The zero-order valence-electron chi connectivity index (χ0n) is 17.3. The smallest absolute Gasteiger partial charge is 0.276 e. The van der Waals surface area contributed by atoms with E-state index in [2.05, 4.69) is 5.10 Å². The summed E-state index contributed by atoms with van der Waals surface area (Å²) in [6, 6.07) is 5.62. The summed E-state index contributed by atoms with van der Waals surface area (Å²) < 4.78 is 29.8. The second kappa shape index (κ2) is 8.00. The van der Waals surface area contributed by atoms with Gasteiger partial charge in [0.05, 0.1) is 12.2 Å². The van der Waals surface area contributed by atoms with E-state index >= 15 is 0 Å². The van der Waals surface area contributed by atoms with Gasteiger partial charge in [0.15, 0.2) is 11.4 Å². The number of benzene rings is 1. The van der Waals surface area contributed by atoms with Crippen LogP contribution in [0.2, 0.25) is 0 Å². The Morgan fingerprint density at radius 3 is 2.75 bits per heavy atom. The highest BCUT2D eigenvalue weighted by Gasteiger charge is 2.43. The largest absolute Gasteiger partial charge is 0.502 e. The Kier molecular flexibility index (Phi) is 5.15. The summed E-state index contributed by atoms with van der Waals surface area (Å²) in [5.41, 5.74) is -0.247. The zero-order valence-corrected chi connectivity index (χ0v) is 17.3. The molecule has 1 fully saturated rings. The molecule has 0 bridgehead atoms. The lowest BCUT2D eigenvalue weighted by molar-refractivity contribution is 0.0602. The lowest BCUT2D eigenvalue weighted by Gasteiger charge is -2.41. The van der Waals surface area contributed by atoms with Gasteiger partial charge in [-0.25, -0.2) is 8.78 Å². The van der Waals surface area contributed by atoms with Crippen LogP contribution in [0.4, 0.5) is 8.78 Å². The first-order valence-corrected chi connectivity index (χ1v) is 10.8. The van der Waals surface area contributed by atoms with E-state index in [0.29, 0.717) is 18.0 Å². The minimum atomic E-state index is -0.731. The average Bonchev–Trinajstić information content (AvgIpc) is 3.58. The van der Waals surface area contributed by atoms with E-state index in [0.717, 1.165) is 19.0 Å². The SMILES string of the molecule is O=C1c2c(O)c(=O)cnn2C(C(c2cccc(F)c2)C2C=CC=C(F)C2)CN1CC1CC1. The summed E-state index contributed by atoms with van der Waals surface area (Å²) in [5, 5.41) is 14.7. The molecular weight excluding hydrogens is 416 g/mol. The van der Waals surface area contributed by atoms with Crippen LogP contribution in [-0.4, -0.2) is 38.8 Å². The van der Waals surface area contributed by atoms with Crippen molar-refractivity contribution >= 4 is 5.91 Å². The van der Waals surface area contributed by atoms with Gasteiger partial charge in [0.25, 0.3) is 5.91 Å². The fourth-order valence-corrected chi connectivity index (χ4v) is 4.86. The van der Waals surface area contributed by atoms with Crippen molar-refractivity contribution in [2.45, 2.75) is 31.2 Å². The highest BCUT2D eigenvalue weighted by molar-refractivity contribution is 5.95. The number of aromatic hydroxyl groups is 1. The van der Waals surface area contributed by atoms with Crippen LogP contribution in [-0.2, 0) is 0 Å². The van der Waals surface area contributed by atoms with Crippen LogP contribution in [0.3, 0.4) is 0 Å². The van der Waals surface area contributed by atoms with E-state index in [4.69, 9.17) is 0 Å². The van der Waals surface area contributed by atoms with Gasteiger partial charge in [0, 0.05) is 25.4 Å². The summed E-state index contributed by atoms with van der Waals surface area (Å²) in [7, 11) is 0. The first-order valence-electron chi connectivity index (χ1n) is 10.8. The highest BCUT2D eigenvalue weighted by Crippen LogP contribution is 2.44. The summed E-state index contributed by atoms with van der Waals surface area (Å²) in [6.45, 7) is 0.789. The lowest BCUT2D eigenvalue weighted by Crippen LogP contribution is -2.48. The van der Waals surface area contributed by atoms with E-state index < -0.39 is 34.9 Å². The summed E-state index contributed by atoms with van der Waals surface area (Å²) in [4.78, 5) is 26.9. The molecule has 1 aromatic heterocycles. The normalized spacial score (nSPS) is 23.6. The third-order valence-electron chi connectivity index (χ3n) is 6.55. The van der Waals surface area contributed by atoms with Gasteiger partial charge in [0.2, 0.25) is 5.43 Å². The minimum Gasteiger partial charge on any atom is -0.502 e. The van der Waals surface area contributed by atoms with E-state index in [9.17, 15) is 23.5 Å². The fourth-order valence-electron chi connectivity index (χ4n) is 4.86. The highest BCUT2D eigenvalue weighted by atomic mass is 19.1. The second-order valence-corrected chi connectivity index (χ2v) is 8.82. The summed E-state index contributed by atoms with van der Waals surface area (Å²) in [6.07, 6.45) is 8.08. The molecule has 1 aromatic carbocycles. The number of carbonyl (C=O) groups excluding carboxylic acids is 1. The molecule has 3 unspecified atom stereocenters. The van der Waals surface area contributed by atoms with Crippen molar-refractivity contribution in [3.63, 3.8) is 0 Å². The first kappa shape index (κ1) is 20.6. The minimum absolute atomic E-state index is 0.131. The van der Waals surface area contributed by atoms with Crippen LogP contribution in [0.5, 0.6) is 5.75 Å². The van der Waals surface area contributed by atoms with E-state index in [-0.39, 0.29) is 30.4 Å².